The molecule has 0 aliphatic rings. The molecule has 0 atom stereocenters. The summed E-state index contributed by atoms with van der Waals surface area (Å²) in [5.41, 5.74) is 2.03. The van der Waals surface area contributed by atoms with Gasteiger partial charge >= 0.3 is 0 Å². The Hall–Kier alpha value is -2.12. The minimum Gasteiger partial charge on any atom is -0.325 e. The zero-order valence-electron chi connectivity index (χ0n) is 13.3. The number of aryl methyl sites for hydroxylation is 1. The highest BCUT2D eigenvalue weighted by Crippen LogP contribution is 2.17. The van der Waals surface area contributed by atoms with Gasteiger partial charge in [0.2, 0.25) is 11.1 Å². The van der Waals surface area contributed by atoms with Crippen LogP contribution in [0, 0.1) is 0 Å². The molecule has 0 aliphatic heterocycles. The molecule has 3 aromatic rings. The molecule has 7 heteroatoms. The van der Waals surface area contributed by atoms with Crippen molar-refractivity contribution in [3.05, 3.63) is 58.0 Å². The highest BCUT2D eigenvalue weighted by atomic mass is 32.2. The van der Waals surface area contributed by atoms with Crippen molar-refractivity contribution in [3.63, 3.8) is 0 Å². The van der Waals surface area contributed by atoms with Crippen molar-refractivity contribution >= 4 is 34.7 Å². The zero-order chi connectivity index (χ0) is 16.8. The topological polar surface area (TPSA) is 70.7 Å². The average Bonchev–Trinajstić information content (AvgIpc) is 3.25. The Morgan fingerprint density at radius 1 is 1.33 bits per heavy atom. The van der Waals surface area contributed by atoms with Crippen molar-refractivity contribution in [1.82, 2.24) is 15.2 Å². The second-order valence-corrected chi connectivity index (χ2v) is 7.19. The third kappa shape index (κ3) is 4.69. The smallest absolute Gasteiger partial charge is 0.234 e. The van der Waals surface area contributed by atoms with Crippen molar-refractivity contribution in [2.75, 3.05) is 11.1 Å². The number of thiophene rings is 1. The van der Waals surface area contributed by atoms with Gasteiger partial charge in [-0.15, -0.1) is 16.4 Å². The Morgan fingerprint density at radius 3 is 3.04 bits per heavy atom. The van der Waals surface area contributed by atoms with E-state index >= 15 is 0 Å². The number of rotatable bonds is 7. The number of aromatic amines is 1. The van der Waals surface area contributed by atoms with Crippen molar-refractivity contribution in [2.24, 2.45) is 0 Å². The SMILES string of the molecule is CCc1cccc(NC(=O)CSc2n[nH]c(Cc3cccs3)n2)c1. The summed E-state index contributed by atoms with van der Waals surface area (Å²) < 4.78 is 0. The maximum atomic E-state index is 12.1. The molecule has 0 fully saturated rings. The van der Waals surface area contributed by atoms with Crippen LogP contribution in [-0.2, 0) is 17.6 Å². The Labute approximate surface area is 148 Å². The van der Waals surface area contributed by atoms with Gasteiger partial charge in [-0.1, -0.05) is 36.9 Å². The van der Waals surface area contributed by atoms with Crippen LogP contribution in [0.15, 0.2) is 46.9 Å². The number of hydrogen-bond acceptors (Lipinski definition) is 5. The summed E-state index contributed by atoms with van der Waals surface area (Å²) in [6.45, 7) is 2.09. The summed E-state index contributed by atoms with van der Waals surface area (Å²) in [5, 5.41) is 12.6. The van der Waals surface area contributed by atoms with Gasteiger partial charge in [0.25, 0.3) is 0 Å². The molecule has 0 aliphatic carbocycles. The zero-order valence-corrected chi connectivity index (χ0v) is 14.9. The number of anilines is 1. The lowest BCUT2D eigenvalue weighted by Crippen LogP contribution is -2.14. The van der Waals surface area contributed by atoms with E-state index in [4.69, 9.17) is 0 Å². The van der Waals surface area contributed by atoms with E-state index in [2.05, 4.69) is 33.5 Å². The molecule has 0 saturated carbocycles. The Morgan fingerprint density at radius 2 is 2.25 bits per heavy atom. The van der Waals surface area contributed by atoms with Crippen molar-refractivity contribution in [1.29, 1.82) is 0 Å². The Bertz CT molecular complexity index is 799. The Balaban J connectivity index is 1.50. The third-order valence-corrected chi connectivity index (χ3v) is 5.11. The average molecular weight is 358 g/mol. The van der Waals surface area contributed by atoms with E-state index in [1.807, 2.05) is 35.7 Å². The van der Waals surface area contributed by atoms with Crippen LogP contribution in [0.3, 0.4) is 0 Å². The second-order valence-electron chi connectivity index (χ2n) is 5.21. The summed E-state index contributed by atoms with van der Waals surface area (Å²) in [5.74, 6) is 1.04. The molecule has 0 unspecified atom stereocenters. The largest absolute Gasteiger partial charge is 0.325 e. The Kier molecular flexibility index (Phi) is 5.66. The number of carbonyl (C=O) groups is 1. The number of amides is 1. The summed E-state index contributed by atoms with van der Waals surface area (Å²) in [6.07, 6.45) is 1.68. The third-order valence-electron chi connectivity index (χ3n) is 3.38. The summed E-state index contributed by atoms with van der Waals surface area (Å²) >= 11 is 3.02. The van der Waals surface area contributed by atoms with Crippen LogP contribution in [0.4, 0.5) is 5.69 Å². The van der Waals surface area contributed by atoms with Gasteiger partial charge in [-0.05, 0) is 35.6 Å². The van der Waals surface area contributed by atoms with Crippen LogP contribution in [0.25, 0.3) is 0 Å². The molecule has 0 saturated heterocycles. The lowest BCUT2D eigenvalue weighted by atomic mass is 10.1. The first-order valence-corrected chi connectivity index (χ1v) is 9.54. The molecule has 1 aromatic carbocycles. The number of thioether (sulfide) groups is 1. The normalized spacial score (nSPS) is 10.7. The minimum absolute atomic E-state index is 0.0575. The first kappa shape index (κ1) is 16.7. The van der Waals surface area contributed by atoms with E-state index < -0.39 is 0 Å². The maximum absolute atomic E-state index is 12.1. The lowest BCUT2D eigenvalue weighted by Gasteiger charge is -2.05. The van der Waals surface area contributed by atoms with Crippen LogP contribution >= 0.6 is 23.1 Å². The molecule has 1 amide bonds. The van der Waals surface area contributed by atoms with Gasteiger partial charge < -0.3 is 5.32 Å². The van der Waals surface area contributed by atoms with Gasteiger partial charge in [0.05, 0.1) is 5.75 Å². The maximum Gasteiger partial charge on any atom is 0.234 e. The monoisotopic (exact) mass is 358 g/mol. The standard InChI is InChI=1S/C17H18N4OS2/c1-2-12-5-3-6-13(9-12)18-16(22)11-24-17-19-15(20-21-17)10-14-7-4-8-23-14/h3-9H,2,10-11H2,1H3,(H,18,22)(H,19,20,21). The number of hydrogen-bond donors (Lipinski definition) is 2. The van der Waals surface area contributed by atoms with E-state index in [9.17, 15) is 4.79 Å². The molecule has 124 valence electrons. The van der Waals surface area contributed by atoms with Gasteiger partial charge in [0, 0.05) is 17.0 Å². The first-order chi connectivity index (χ1) is 11.7. The summed E-state index contributed by atoms with van der Waals surface area (Å²) in [7, 11) is 0. The molecule has 2 aromatic heterocycles. The molecule has 0 bridgehead atoms. The number of H-pyrrole nitrogens is 1. The van der Waals surface area contributed by atoms with Gasteiger partial charge in [-0.25, -0.2) is 4.98 Å². The first-order valence-electron chi connectivity index (χ1n) is 7.68. The second kappa shape index (κ2) is 8.12. The molecular formula is C17H18N4OS2. The van der Waals surface area contributed by atoms with Crippen LogP contribution in [0.2, 0.25) is 0 Å². The van der Waals surface area contributed by atoms with Gasteiger partial charge in [-0.3, -0.25) is 9.89 Å². The van der Waals surface area contributed by atoms with Crippen LogP contribution < -0.4 is 5.32 Å². The van der Waals surface area contributed by atoms with Crippen molar-refractivity contribution in [3.8, 4) is 0 Å². The minimum atomic E-state index is -0.0575. The van der Waals surface area contributed by atoms with Crippen LogP contribution in [-0.4, -0.2) is 26.8 Å². The van der Waals surface area contributed by atoms with E-state index in [0.29, 0.717) is 5.16 Å². The number of carbonyl (C=O) groups excluding carboxylic acids is 1. The van der Waals surface area contributed by atoms with E-state index in [1.54, 1.807) is 11.3 Å². The van der Waals surface area contributed by atoms with Gasteiger partial charge in [0.1, 0.15) is 5.82 Å². The molecular weight excluding hydrogens is 340 g/mol. The molecule has 2 N–H and O–H groups in total. The highest BCUT2D eigenvalue weighted by Gasteiger charge is 2.09. The number of nitrogens with one attached hydrogen (secondary N) is 2. The van der Waals surface area contributed by atoms with Gasteiger partial charge in [0.15, 0.2) is 0 Å². The lowest BCUT2D eigenvalue weighted by molar-refractivity contribution is -0.113. The highest BCUT2D eigenvalue weighted by molar-refractivity contribution is 7.99. The van der Waals surface area contributed by atoms with E-state index in [0.717, 1.165) is 24.4 Å². The predicted octanol–water partition coefficient (Wildman–Crippen LogP) is 3.75. The molecule has 0 radical (unpaired) electrons. The molecule has 3 rings (SSSR count). The fourth-order valence-corrected chi connectivity index (χ4v) is 3.52. The molecule has 2 heterocycles. The molecule has 0 spiro atoms. The van der Waals surface area contributed by atoms with Crippen LogP contribution in [0.1, 0.15) is 23.2 Å². The number of aromatic nitrogens is 3. The van der Waals surface area contributed by atoms with Crippen LogP contribution in [0.5, 0.6) is 0 Å². The predicted molar refractivity (Wildman–Crippen MR) is 98.7 cm³/mol. The number of nitrogens with zero attached hydrogens (tertiary/aromatic N) is 2. The summed E-state index contributed by atoms with van der Waals surface area (Å²) in [6, 6.07) is 12.0. The molecule has 24 heavy (non-hydrogen) atoms. The number of benzene rings is 1. The summed E-state index contributed by atoms with van der Waals surface area (Å²) in [4.78, 5) is 17.7. The van der Waals surface area contributed by atoms with Crippen molar-refractivity contribution < 1.29 is 4.79 Å². The fraction of sp³-hybridized carbons (Fsp3) is 0.235. The van der Waals surface area contributed by atoms with Gasteiger partial charge in [-0.2, -0.15) is 0 Å². The van der Waals surface area contributed by atoms with Crippen molar-refractivity contribution in [2.45, 2.75) is 24.9 Å². The van der Waals surface area contributed by atoms with E-state index in [1.165, 1.54) is 22.2 Å². The quantitative estimate of drug-likeness (QED) is 0.631. The molecule has 5 nitrogen and oxygen atoms in total. The van der Waals surface area contributed by atoms with E-state index in [-0.39, 0.29) is 11.7 Å². The fourth-order valence-electron chi connectivity index (χ4n) is 2.20.